The molecule has 0 fully saturated rings. The number of pyridine rings is 1. The Kier molecular flexibility index (Phi) is 4.92. The maximum absolute atomic E-state index is 12.8. The third kappa shape index (κ3) is 3.53. The number of benzene rings is 1. The molecule has 0 saturated heterocycles. The zero-order valence-electron chi connectivity index (χ0n) is 15.6. The Hall–Kier alpha value is -3.42. The second kappa shape index (κ2) is 7.67. The zero-order chi connectivity index (χ0) is 19.5. The lowest BCUT2D eigenvalue weighted by Crippen LogP contribution is -2.34. The molecule has 0 radical (unpaired) electrons. The van der Waals surface area contributed by atoms with E-state index in [1.807, 2.05) is 18.2 Å². The van der Waals surface area contributed by atoms with E-state index in [0.717, 1.165) is 11.6 Å². The van der Waals surface area contributed by atoms with E-state index in [0.29, 0.717) is 32.5 Å². The van der Waals surface area contributed by atoms with Gasteiger partial charge in [0.05, 0.1) is 7.11 Å². The van der Waals surface area contributed by atoms with Gasteiger partial charge in [0.15, 0.2) is 5.75 Å². The molecule has 3 aromatic rings. The van der Waals surface area contributed by atoms with E-state index in [1.165, 1.54) is 24.9 Å². The lowest BCUT2D eigenvalue weighted by molar-refractivity contribution is 0.0752. The molecule has 144 valence electrons. The van der Waals surface area contributed by atoms with E-state index >= 15 is 0 Å². The average molecular weight is 379 g/mol. The van der Waals surface area contributed by atoms with Gasteiger partial charge in [-0.1, -0.05) is 30.3 Å². The summed E-state index contributed by atoms with van der Waals surface area (Å²) in [6.07, 6.45) is 2.74. The number of fused-ring (bicyclic) bond motifs is 1. The molecule has 0 unspecified atom stereocenters. The predicted molar refractivity (Wildman–Crippen MR) is 102 cm³/mol. The summed E-state index contributed by atoms with van der Waals surface area (Å²) >= 11 is 0. The number of nitrogens with one attached hydrogen (secondary N) is 1. The van der Waals surface area contributed by atoms with Gasteiger partial charge in [-0.2, -0.15) is 0 Å². The van der Waals surface area contributed by atoms with Crippen LogP contribution in [0, 0.1) is 0 Å². The van der Waals surface area contributed by atoms with E-state index in [4.69, 9.17) is 4.74 Å². The molecule has 8 heteroatoms. The number of aromatic amines is 1. The van der Waals surface area contributed by atoms with Crippen LogP contribution in [-0.2, 0) is 19.4 Å². The van der Waals surface area contributed by atoms with Gasteiger partial charge in [-0.25, -0.2) is 0 Å². The van der Waals surface area contributed by atoms with Crippen LogP contribution in [0.25, 0.3) is 0 Å². The number of hydrogen-bond acceptors (Lipinski definition) is 5. The van der Waals surface area contributed by atoms with E-state index in [1.54, 1.807) is 4.90 Å². The zero-order valence-corrected chi connectivity index (χ0v) is 15.6. The van der Waals surface area contributed by atoms with Gasteiger partial charge in [-0.15, -0.1) is 10.2 Å². The Bertz CT molecular complexity index is 1040. The molecule has 8 nitrogen and oxygen atoms in total. The minimum atomic E-state index is -0.318. The summed E-state index contributed by atoms with van der Waals surface area (Å²) in [6, 6.07) is 11.4. The van der Waals surface area contributed by atoms with Crippen LogP contribution in [0.3, 0.4) is 0 Å². The van der Waals surface area contributed by atoms with Crippen molar-refractivity contribution in [3.63, 3.8) is 0 Å². The van der Waals surface area contributed by atoms with Gasteiger partial charge in [0.2, 0.25) is 5.43 Å². The topological polar surface area (TPSA) is 93.1 Å². The summed E-state index contributed by atoms with van der Waals surface area (Å²) in [6.45, 7) is 1.67. The van der Waals surface area contributed by atoms with Gasteiger partial charge < -0.3 is 19.2 Å². The highest BCUT2D eigenvalue weighted by atomic mass is 16.5. The lowest BCUT2D eigenvalue weighted by atomic mass is 10.1. The SMILES string of the molecule is COc1c[nH]c(C(=O)N2CCc3nnc(Cc4ccccc4)n3CC2)cc1=O. The van der Waals surface area contributed by atoms with Crippen molar-refractivity contribution in [3.8, 4) is 5.75 Å². The molecule has 3 heterocycles. The number of ether oxygens (including phenoxy) is 1. The van der Waals surface area contributed by atoms with Crippen molar-refractivity contribution >= 4 is 5.91 Å². The molecule has 1 aliphatic rings. The molecule has 0 atom stereocenters. The summed E-state index contributed by atoms with van der Waals surface area (Å²) in [7, 11) is 1.42. The average Bonchev–Trinajstić information content (AvgIpc) is 2.96. The quantitative estimate of drug-likeness (QED) is 0.737. The molecule has 2 aromatic heterocycles. The summed E-state index contributed by atoms with van der Waals surface area (Å²) in [5.74, 6) is 1.75. The molecule has 1 aliphatic heterocycles. The highest BCUT2D eigenvalue weighted by Gasteiger charge is 2.23. The van der Waals surface area contributed by atoms with Crippen molar-refractivity contribution in [3.05, 3.63) is 75.7 Å². The Labute approximate surface area is 161 Å². The van der Waals surface area contributed by atoms with Crippen LogP contribution in [0.15, 0.2) is 47.4 Å². The predicted octanol–water partition coefficient (Wildman–Crippen LogP) is 1.26. The van der Waals surface area contributed by atoms with Crippen LogP contribution < -0.4 is 10.2 Å². The summed E-state index contributed by atoms with van der Waals surface area (Å²) in [5.41, 5.74) is 1.11. The first-order valence-corrected chi connectivity index (χ1v) is 9.16. The maximum Gasteiger partial charge on any atom is 0.270 e. The maximum atomic E-state index is 12.8. The van der Waals surface area contributed by atoms with Crippen molar-refractivity contribution in [1.82, 2.24) is 24.6 Å². The number of methoxy groups -OCH3 is 1. The first kappa shape index (κ1) is 18.0. The molecule has 1 amide bonds. The number of hydrogen-bond donors (Lipinski definition) is 1. The summed E-state index contributed by atoms with van der Waals surface area (Å²) < 4.78 is 7.05. The number of amides is 1. The van der Waals surface area contributed by atoms with Crippen LogP contribution in [0.5, 0.6) is 5.75 Å². The number of carbonyl (C=O) groups is 1. The van der Waals surface area contributed by atoms with Gasteiger partial charge in [-0.05, 0) is 5.56 Å². The molecule has 1 N–H and O–H groups in total. The van der Waals surface area contributed by atoms with Gasteiger partial charge >= 0.3 is 0 Å². The number of H-pyrrole nitrogens is 1. The first-order valence-electron chi connectivity index (χ1n) is 9.16. The Morgan fingerprint density at radius 2 is 2.00 bits per heavy atom. The first-order chi connectivity index (χ1) is 13.7. The summed E-state index contributed by atoms with van der Waals surface area (Å²) in [4.78, 5) is 29.4. The fourth-order valence-corrected chi connectivity index (χ4v) is 3.41. The molecule has 0 saturated carbocycles. The number of rotatable bonds is 4. The Morgan fingerprint density at radius 3 is 2.75 bits per heavy atom. The van der Waals surface area contributed by atoms with Crippen LogP contribution in [-0.4, -0.2) is 50.8 Å². The number of carbonyl (C=O) groups excluding carboxylic acids is 1. The standard InChI is InChI=1S/C20H21N5O3/c1-28-17-13-21-15(12-16(17)26)20(27)24-8-7-18-22-23-19(25(18)10-9-24)11-14-5-3-2-4-6-14/h2-6,12-13H,7-11H2,1H3,(H,21,26). The molecule has 0 aliphatic carbocycles. The van der Waals surface area contributed by atoms with Crippen LogP contribution in [0.4, 0.5) is 0 Å². The fraction of sp³-hybridized carbons (Fsp3) is 0.300. The monoisotopic (exact) mass is 379 g/mol. The highest BCUT2D eigenvalue weighted by Crippen LogP contribution is 2.14. The van der Waals surface area contributed by atoms with Gasteiger partial charge in [0, 0.05) is 44.7 Å². The second-order valence-electron chi connectivity index (χ2n) is 6.67. The van der Waals surface area contributed by atoms with E-state index in [2.05, 4.69) is 31.9 Å². The molecule has 0 spiro atoms. The van der Waals surface area contributed by atoms with Crippen LogP contribution in [0.2, 0.25) is 0 Å². The minimum absolute atomic E-state index is 0.184. The number of aromatic nitrogens is 4. The van der Waals surface area contributed by atoms with Crippen LogP contribution in [0.1, 0.15) is 27.7 Å². The summed E-state index contributed by atoms with van der Waals surface area (Å²) in [5, 5.41) is 8.66. The second-order valence-corrected chi connectivity index (χ2v) is 6.67. The third-order valence-corrected chi connectivity index (χ3v) is 4.92. The Morgan fingerprint density at radius 1 is 1.18 bits per heavy atom. The molecular weight excluding hydrogens is 358 g/mol. The van der Waals surface area contributed by atoms with Gasteiger partial charge in [-0.3, -0.25) is 9.59 Å². The lowest BCUT2D eigenvalue weighted by Gasteiger charge is -2.20. The minimum Gasteiger partial charge on any atom is -0.491 e. The van der Waals surface area contributed by atoms with Crippen LogP contribution >= 0.6 is 0 Å². The van der Waals surface area contributed by atoms with Crippen molar-refractivity contribution in [2.24, 2.45) is 0 Å². The highest BCUT2D eigenvalue weighted by molar-refractivity contribution is 5.92. The number of nitrogens with zero attached hydrogens (tertiary/aromatic N) is 4. The van der Waals surface area contributed by atoms with Crippen molar-refractivity contribution in [1.29, 1.82) is 0 Å². The van der Waals surface area contributed by atoms with Crippen molar-refractivity contribution in [2.75, 3.05) is 20.2 Å². The third-order valence-electron chi connectivity index (χ3n) is 4.92. The largest absolute Gasteiger partial charge is 0.491 e. The van der Waals surface area contributed by atoms with Crippen molar-refractivity contribution < 1.29 is 9.53 Å². The van der Waals surface area contributed by atoms with Gasteiger partial charge in [0.25, 0.3) is 5.91 Å². The van der Waals surface area contributed by atoms with E-state index < -0.39 is 0 Å². The van der Waals surface area contributed by atoms with Gasteiger partial charge in [0.1, 0.15) is 17.3 Å². The van der Waals surface area contributed by atoms with E-state index in [-0.39, 0.29) is 22.8 Å². The van der Waals surface area contributed by atoms with Crippen molar-refractivity contribution in [2.45, 2.75) is 19.4 Å². The smallest absolute Gasteiger partial charge is 0.270 e. The van der Waals surface area contributed by atoms with E-state index in [9.17, 15) is 9.59 Å². The molecule has 1 aromatic carbocycles. The normalized spacial score (nSPS) is 13.7. The molecular formula is C20H21N5O3. The molecule has 28 heavy (non-hydrogen) atoms. The Balaban J connectivity index is 1.50. The fourth-order valence-electron chi connectivity index (χ4n) is 3.41. The molecule has 0 bridgehead atoms. The molecule has 4 rings (SSSR count).